The molecule has 92 valence electrons. The van der Waals surface area contributed by atoms with Crippen LogP contribution < -0.4 is 0 Å². The highest BCUT2D eigenvalue weighted by Gasteiger charge is 2.47. The molecule has 1 aliphatic carbocycles. The van der Waals surface area contributed by atoms with Crippen molar-refractivity contribution in [3.63, 3.8) is 0 Å². The van der Waals surface area contributed by atoms with Crippen molar-refractivity contribution in [2.45, 2.75) is 31.6 Å². The van der Waals surface area contributed by atoms with Crippen molar-refractivity contribution in [2.75, 3.05) is 0 Å². The number of benzene rings is 1. The van der Waals surface area contributed by atoms with Crippen LogP contribution in [0.5, 0.6) is 0 Å². The number of nitro benzene ring substituents is 1. The molecular formula is C12H13Cl2NO2. The lowest BCUT2D eigenvalue weighted by molar-refractivity contribution is -0.385. The lowest BCUT2D eigenvalue weighted by Gasteiger charge is -2.17. The number of rotatable bonds is 4. The molecule has 2 rings (SSSR count). The van der Waals surface area contributed by atoms with Crippen molar-refractivity contribution in [1.29, 1.82) is 0 Å². The lowest BCUT2D eigenvalue weighted by Crippen LogP contribution is -2.16. The van der Waals surface area contributed by atoms with Gasteiger partial charge in [0.2, 0.25) is 0 Å². The quantitative estimate of drug-likeness (QED) is 0.469. The van der Waals surface area contributed by atoms with Gasteiger partial charge in [0.25, 0.3) is 5.69 Å². The van der Waals surface area contributed by atoms with Crippen LogP contribution in [0.25, 0.3) is 0 Å². The zero-order valence-corrected chi connectivity index (χ0v) is 11.0. The first-order valence-electron chi connectivity index (χ1n) is 5.51. The summed E-state index contributed by atoms with van der Waals surface area (Å²) in [5.74, 6) is 0. The Morgan fingerprint density at radius 1 is 1.53 bits per heavy atom. The molecule has 1 aliphatic rings. The Hall–Kier alpha value is -0.800. The second kappa shape index (κ2) is 4.46. The van der Waals surface area contributed by atoms with Crippen LogP contribution in [0.2, 0.25) is 5.02 Å². The topological polar surface area (TPSA) is 43.1 Å². The van der Waals surface area contributed by atoms with Gasteiger partial charge in [0.05, 0.1) is 4.92 Å². The summed E-state index contributed by atoms with van der Waals surface area (Å²) in [5, 5.41) is 11.5. The third-order valence-corrected chi connectivity index (χ3v) is 4.21. The Labute approximate surface area is 110 Å². The maximum atomic E-state index is 10.9. The fourth-order valence-corrected chi connectivity index (χ4v) is 2.62. The highest BCUT2D eigenvalue weighted by atomic mass is 35.5. The Bertz CT molecular complexity index is 456. The predicted molar refractivity (Wildman–Crippen MR) is 68.8 cm³/mol. The Morgan fingerprint density at radius 3 is 2.65 bits per heavy atom. The minimum absolute atomic E-state index is 0.0248. The van der Waals surface area contributed by atoms with Gasteiger partial charge < -0.3 is 0 Å². The number of hydrogen-bond donors (Lipinski definition) is 0. The van der Waals surface area contributed by atoms with E-state index in [1.807, 2.05) is 6.92 Å². The van der Waals surface area contributed by atoms with E-state index in [2.05, 4.69) is 0 Å². The first kappa shape index (κ1) is 12.7. The van der Waals surface area contributed by atoms with Crippen LogP contribution in [0, 0.1) is 15.5 Å². The lowest BCUT2D eigenvalue weighted by atomic mass is 9.92. The summed E-state index contributed by atoms with van der Waals surface area (Å²) in [7, 11) is 0. The Balaban J connectivity index is 2.31. The van der Waals surface area contributed by atoms with E-state index < -0.39 is 0 Å². The zero-order chi connectivity index (χ0) is 12.6. The van der Waals surface area contributed by atoms with Crippen LogP contribution in [0.15, 0.2) is 18.2 Å². The summed E-state index contributed by atoms with van der Waals surface area (Å²) in [6.45, 7) is 1.95. The van der Waals surface area contributed by atoms with Crippen molar-refractivity contribution in [2.24, 2.45) is 5.41 Å². The minimum atomic E-state index is -0.360. The normalized spacial score (nSPS) is 18.8. The number of hydrogen-bond acceptors (Lipinski definition) is 2. The van der Waals surface area contributed by atoms with E-state index in [1.165, 1.54) is 6.07 Å². The number of nitro groups is 1. The first-order chi connectivity index (χ1) is 7.94. The summed E-state index contributed by atoms with van der Waals surface area (Å²) in [6, 6.07) is 4.69. The summed E-state index contributed by atoms with van der Waals surface area (Å²) < 4.78 is 0. The molecule has 1 aromatic carbocycles. The molecule has 17 heavy (non-hydrogen) atoms. The predicted octanol–water partition coefficient (Wildman–Crippen LogP) is 4.20. The molecule has 1 atom stereocenters. The maximum Gasteiger partial charge on any atom is 0.272 e. The average molecular weight is 274 g/mol. The van der Waals surface area contributed by atoms with Crippen molar-refractivity contribution < 1.29 is 4.92 Å². The van der Waals surface area contributed by atoms with E-state index >= 15 is 0 Å². The minimum Gasteiger partial charge on any atom is -0.258 e. The van der Waals surface area contributed by atoms with Gasteiger partial charge in [0.1, 0.15) is 0 Å². The summed E-state index contributed by atoms with van der Waals surface area (Å²) in [5.41, 5.74) is 0.849. The van der Waals surface area contributed by atoms with Gasteiger partial charge in [-0.1, -0.05) is 11.6 Å². The largest absolute Gasteiger partial charge is 0.272 e. The SMILES string of the molecule is CC(Cl)C1(Cc2cc(Cl)ccc2[N+](=O)[O-])CC1. The highest BCUT2D eigenvalue weighted by Crippen LogP contribution is 2.54. The van der Waals surface area contributed by atoms with Gasteiger partial charge in [-0.15, -0.1) is 11.6 Å². The van der Waals surface area contributed by atoms with Gasteiger partial charge in [-0.2, -0.15) is 0 Å². The van der Waals surface area contributed by atoms with Gasteiger partial charge in [0, 0.05) is 22.0 Å². The van der Waals surface area contributed by atoms with E-state index in [-0.39, 0.29) is 21.4 Å². The van der Waals surface area contributed by atoms with Crippen LogP contribution in [0.4, 0.5) is 5.69 Å². The van der Waals surface area contributed by atoms with Crippen LogP contribution in [0.1, 0.15) is 25.3 Å². The molecule has 0 saturated heterocycles. The van der Waals surface area contributed by atoms with Gasteiger partial charge in [0.15, 0.2) is 0 Å². The molecule has 0 amide bonds. The maximum absolute atomic E-state index is 10.9. The number of nitrogens with zero attached hydrogens (tertiary/aromatic N) is 1. The third-order valence-electron chi connectivity index (χ3n) is 3.52. The van der Waals surface area contributed by atoms with E-state index in [0.717, 1.165) is 12.8 Å². The van der Waals surface area contributed by atoms with Crippen LogP contribution >= 0.6 is 23.2 Å². The summed E-state index contributed by atoms with van der Waals surface area (Å²) in [6.07, 6.45) is 2.69. The molecule has 3 nitrogen and oxygen atoms in total. The third kappa shape index (κ3) is 2.55. The number of alkyl halides is 1. The molecule has 1 aromatic rings. The fraction of sp³-hybridized carbons (Fsp3) is 0.500. The standard InChI is InChI=1S/C12H13Cl2NO2/c1-8(13)12(4-5-12)7-9-6-10(14)2-3-11(9)15(16)17/h2-3,6,8H,4-5,7H2,1H3. The summed E-state index contributed by atoms with van der Waals surface area (Å²) in [4.78, 5) is 10.6. The van der Waals surface area contributed by atoms with E-state index in [1.54, 1.807) is 12.1 Å². The molecule has 0 N–H and O–H groups in total. The second-order valence-electron chi connectivity index (χ2n) is 4.69. The molecule has 1 saturated carbocycles. The van der Waals surface area contributed by atoms with Gasteiger partial charge in [-0.25, -0.2) is 0 Å². The second-order valence-corrected chi connectivity index (χ2v) is 5.78. The molecule has 1 fully saturated rings. The molecule has 0 bridgehead atoms. The molecule has 0 heterocycles. The Kier molecular flexibility index (Phi) is 3.32. The molecule has 0 radical (unpaired) electrons. The molecule has 0 spiro atoms. The van der Waals surface area contributed by atoms with Gasteiger partial charge >= 0.3 is 0 Å². The van der Waals surface area contributed by atoms with Gasteiger partial charge in [-0.05, 0) is 43.7 Å². The highest BCUT2D eigenvalue weighted by molar-refractivity contribution is 6.30. The average Bonchev–Trinajstić information content (AvgIpc) is 2.98. The van der Waals surface area contributed by atoms with Crippen molar-refractivity contribution in [3.05, 3.63) is 38.9 Å². The molecule has 0 aliphatic heterocycles. The molecular weight excluding hydrogens is 261 g/mol. The van der Waals surface area contributed by atoms with Crippen molar-refractivity contribution in [1.82, 2.24) is 0 Å². The van der Waals surface area contributed by atoms with Crippen LogP contribution in [-0.2, 0) is 6.42 Å². The number of halogens is 2. The van der Waals surface area contributed by atoms with Crippen molar-refractivity contribution >= 4 is 28.9 Å². The molecule has 1 unspecified atom stereocenters. The van der Waals surface area contributed by atoms with E-state index in [4.69, 9.17) is 23.2 Å². The van der Waals surface area contributed by atoms with Gasteiger partial charge in [-0.3, -0.25) is 10.1 Å². The smallest absolute Gasteiger partial charge is 0.258 e. The summed E-state index contributed by atoms with van der Waals surface area (Å²) >= 11 is 12.0. The van der Waals surface area contributed by atoms with E-state index in [9.17, 15) is 10.1 Å². The zero-order valence-electron chi connectivity index (χ0n) is 9.45. The van der Waals surface area contributed by atoms with Crippen LogP contribution in [-0.4, -0.2) is 10.3 Å². The van der Waals surface area contributed by atoms with Crippen molar-refractivity contribution in [3.8, 4) is 0 Å². The van der Waals surface area contributed by atoms with Crippen LogP contribution in [0.3, 0.4) is 0 Å². The van der Waals surface area contributed by atoms with E-state index in [0.29, 0.717) is 17.0 Å². The first-order valence-corrected chi connectivity index (χ1v) is 6.33. The fourth-order valence-electron chi connectivity index (χ4n) is 2.13. The Morgan fingerprint density at radius 2 is 2.18 bits per heavy atom. The molecule has 5 heteroatoms. The monoisotopic (exact) mass is 273 g/mol. The molecule has 0 aromatic heterocycles.